The van der Waals surface area contributed by atoms with Crippen molar-refractivity contribution in [2.24, 2.45) is 0 Å². The van der Waals surface area contributed by atoms with E-state index in [9.17, 15) is 18.0 Å². The van der Waals surface area contributed by atoms with Gasteiger partial charge in [-0.1, -0.05) is 18.2 Å². The van der Waals surface area contributed by atoms with E-state index in [0.29, 0.717) is 0 Å². The molecule has 0 bridgehead atoms. The molecule has 3 aromatic rings. The Morgan fingerprint density at radius 3 is 2.54 bits per heavy atom. The molecular weight excluding hydrogens is 389 g/mol. The molecule has 0 saturated carbocycles. The SMILES string of the molecule is Cc1nn(-c2ccccc2)c(C)c1CNC(=O)c1cccnc1SC(F)(F)F. The second kappa shape index (κ2) is 8.05. The van der Waals surface area contributed by atoms with Crippen LogP contribution in [0.2, 0.25) is 0 Å². The molecule has 0 spiro atoms. The summed E-state index contributed by atoms with van der Waals surface area (Å²) in [5.74, 6) is -0.619. The maximum atomic E-state index is 12.7. The van der Waals surface area contributed by atoms with Crippen molar-refractivity contribution in [3.63, 3.8) is 0 Å². The standard InChI is InChI=1S/C19H17F3N4OS/c1-12-16(13(2)26(25-12)14-7-4-3-5-8-14)11-24-17(27)15-9-6-10-23-18(15)28-19(20,21)22/h3-10H,11H2,1-2H3,(H,24,27). The number of thioether (sulfide) groups is 1. The van der Waals surface area contributed by atoms with Crippen molar-refractivity contribution in [3.8, 4) is 5.69 Å². The van der Waals surface area contributed by atoms with Crippen LogP contribution in [0, 0.1) is 13.8 Å². The fourth-order valence-electron chi connectivity index (χ4n) is 2.77. The molecule has 1 N–H and O–H groups in total. The van der Waals surface area contributed by atoms with Crippen molar-refractivity contribution in [2.75, 3.05) is 0 Å². The fourth-order valence-corrected chi connectivity index (χ4v) is 3.37. The molecule has 3 rings (SSSR count). The summed E-state index contributed by atoms with van der Waals surface area (Å²) in [5, 5.41) is 6.80. The normalized spacial score (nSPS) is 11.5. The molecule has 2 aromatic heterocycles. The van der Waals surface area contributed by atoms with Crippen molar-refractivity contribution < 1.29 is 18.0 Å². The number of carbonyl (C=O) groups excluding carboxylic acids is 1. The van der Waals surface area contributed by atoms with Crippen LogP contribution in [0.4, 0.5) is 13.2 Å². The van der Waals surface area contributed by atoms with E-state index in [1.54, 1.807) is 4.68 Å². The van der Waals surface area contributed by atoms with Crippen LogP contribution in [0.1, 0.15) is 27.3 Å². The zero-order valence-electron chi connectivity index (χ0n) is 15.1. The second-order valence-corrected chi connectivity index (χ2v) is 7.04. The first-order chi connectivity index (χ1) is 13.3. The zero-order chi connectivity index (χ0) is 20.3. The molecule has 0 aliphatic rings. The van der Waals surface area contributed by atoms with Crippen molar-refractivity contribution in [1.29, 1.82) is 0 Å². The zero-order valence-corrected chi connectivity index (χ0v) is 15.9. The molecule has 1 aromatic carbocycles. The average Bonchev–Trinajstić information content (AvgIpc) is 2.93. The number of hydrogen-bond donors (Lipinski definition) is 1. The van der Waals surface area contributed by atoms with Gasteiger partial charge < -0.3 is 5.32 Å². The summed E-state index contributed by atoms with van der Waals surface area (Å²) in [6, 6.07) is 12.3. The Kier molecular flexibility index (Phi) is 5.73. The number of aromatic nitrogens is 3. The number of hydrogen-bond acceptors (Lipinski definition) is 4. The van der Waals surface area contributed by atoms with Crippen LogP contribution in [-0.4, -0.2) is 26.2 Å². The third-order valence-corrected chi connectivity index (χ3v) is 4.85. The number of halogens is 3. The summed E-state index contributed by atoms with van der Waals surface area (Å²) < 4.78 is 39.8. The number of nitrogens with one attached hydrogen (secondary N) is 1. The van der Waals surface area contributed by atoms with E-state index in [-0.39, 0.29) is 17.1 Å². The molecule has 1 amide bonds. The third kappa shape index (κ3) is 4.53. The van der Waals surface area contributed by atoms with Gasteiger partial charge in [0.25, 0.3) is 5.91 Å². The van der Waals surface area contributed by atoms with E-state index in [1.807, 2.05) is 44.2 Å². The van der Waals surface area contributed by atoms with Crippen LogP contribution in [0.5, 0.6) is 0 Å². The highest BCUT2D eigenvalue weighted by atomic mass is 32.2. The largest absolute Gasteiger partial charge is 0.447 e. The van der Waals surface area contributed by atoms with E-state index in [2.05, 4.69) is 15.4 Å². The van der Waals surface area contributed by atoms with Crippen LogP contribution < -0.4 is 5.32 Å². The number of pyridine rings is 1. The highest BCUT2D eigenvalue weighted by molar-refractivity contribution is 8.00. The van der Waals surface area contributed by atoms with Gasteiger partial charge in [-0.05, 0) is 38.1 Å². The Labute approximate surface area is 164 Å². The number of carbonyl (C=O) groups is 1. The van der Waals surface area contributed by atoms with Gasteiger partial charge in [0, 0.05) is 35.8 Å². The Balaban J connectivity index is 1.79. The van der Waals surface area contributed by atoms with Gasteiger partial charge in [-0.15, -0.1) is 0 Å². The number of alkyl halides is 3. The Morgan fingerprint density at radius 2 is 1.86 bits per heavy atom. The summed E-state index contributed by atoms with van der Waals surface area (Å²) in [6.07, 6.45) is 1.23. The molecule has 0 atom stereocenters. The molecule has 0 unspecified atom stereocenters. The van der Waals surface area contributed by atoms with Crippen LogP contribution in [-0.2, 0) is 6.54 Å². The average molecular weight is 406 g/mol. The number of aryl methyl sites for hydroxylation is 1. The van der Waals surface area contributed by atoms with Gasteiger partial charge in [-0.3, -0.25) is 4.79 Å². The lowest BCUT2D eigenvalue weighted by molar-refractivity contribution is -0.0329. The van der Waals surface area contributed by atoms with Crippen molar-refractivity contribution >= 4 is 17.7 Å². The lowest BCUT2D eigenvalue weighted by Crippen LogP contribution is -2.24. The first-order valence-electron chi connectivity index (χ1n) is 8.36. The molecule has 0 aliphatic heterocycles. The van der Waals surface area contributed by atoms with Gasteiger partial charge in [-0.25, -0.2) is 9.67 Å². The highest BCUT2D eigenvalue weighted by Crippen LogP contribution is 2.37. The van der Waals surface area contributed by atoms with Gasteiger partial charge in [-0.2, -0.15) is 18.3 Å². The van der Waals surface area contributed by atoms with Crippen LogP contribution in [0.15, 0.2) is 53.7 Å². The molecule has 0 radical (unpaired) electrons. The summed E-state index contributed by atoms with van der Waals surface area (Å²) in [7, 11) is 0. The lowest BCUT2D eigenvalue weighted by Gasteiger charge is -2.11. The predicted octanol–water partition coefficient (Wildman–Crippen LogP) is 4.43. The summed E-state index contributed by atoms with van der Waals surface area (Å²) in [4.78, 5) is 16.1. The predicted molar refractivity (Wildman–Crippen MR) is 100 cm³/mol. The van der Waals surface area contributed by atoms with Gasteiger partial charge in [0.2, 0.25) is 0 Å². The highest BCUT2D eigenvalue weighted by Gasteiger charge is 2.32. The molecule has 9 heteroatoms. The number of rotatable bonds is 5. The molecule has 28 heavy (non-hydrogen) atoms. The van der Waals surface area contributed by atoms with E-state index in [4.69, 9.17) is 0 Å². The first-order valence-corrected chi connectivity index (χ1v) is 9.17. The summed E-state index contributed by atoms with van der Waals surface area (Å²) in [5.41, 5.74) is -1.36. The Morgan fingerprint density at radius 1 is 1.14 bits per heavy atom. The summed E-state index contributed by atoms with van der Waals surface area (Å²) >= 11 is -0.403. The number of benzene rings is 1. The lowest BCUT2D eigenvalue weighted by atomic mass is 10.2. The van der Waals surface area contributed by atoms with Crippen molar-refractivity contribution in [3.05, 3.63) is 71.2 Å². The van der Waals surface area contributed by atoms with Crippen molar-refractivity contribution in [2.45, 2.75) is 30.9 Å². The van der Waals surface area contributed by atoms with Gasteiger partial charge in [0.15, 0.2) is 0 Å². The Hall–Kier alpha value is -2.81. The van der Waals surface area contributed by atoms with Gasteiger partial charge in [0.1, 0.15) is 5.03 Å². The topological polar surface area (TPSA) is 59.8 Å². The van der Waals surface area contributed by atoms with E-state index >= 15 is 0 Å². The number of para-hydroxylation sites is 1. The molecule has 0 aliphatic carbocycles. The van der Waals surface area contributed by atoms with Gasteiger partial charge >= 0.3 is 5.51 Å². The van der Waals surface area contributed by atoms with Crippen LogP contribution in [0.3, 0.4) is 0 Å². The van der Waals surface area contributed by atoms with E-state index in [1.165, 1.54) is 18.3 Å². The van der Waals surface area contributed by atoms with Crippen LogP contribution >= 0.6 is 11.8 Å². The van der Waals surface area contributed by atoms with E-state index in [0.717, 1.165) is 22.6 Å². The summed E-state index contributed by atoms with van der Waals surface area (Å²) in [6.45, 7) is 3.85. The van der Waals surface area contributed by atoms with Crippen LogP contribution in [0.25, 0.3) is 5.69 Å². The Bertz CT molecular complexity index is 987. The minimum atomic E-state index is -4.52. The maximum Gasteiger partial charge on any atom is 0.447 e. The maximum absolute atomic E-state index is 12.7. The molecular formula is C19H17F3N4OS. The van der Waals surface area contributed by atoms with Gasteiger partial charge in [0.05, 0.1) is 16.9 Å². The van der Waals surface area contributed by atoms with E-state index < -0.39 is 23.2 Å². The minimum absolute atomic E-state index is 0.115. The fraction of sp³-hybridized carbons (Fsp3) is 0.211. The number of amides is 1. The molecule has 0 saturated heterocycles. The molecule has 2 heterocycles. The number of nitrogens with zero attached hydrogens (tertiary/aromatic N) is 3. The molecule has 146 valence electrons. The molecule has 0 fully saturated rings. The first kappa shape index (κ1) is 19.9. The monoisotopic (exact) mass is 406 g/mol. The third-order valence-electron chi connectivity index (χ3n) is 4.10. The van der Waals surface area contributed by atoms with Crippen molar-refractivity contribution in [1.82, 2.24) is 20.1 Å². The minimum Gasteiger partial charge on any atom is -0.348 e. The quantitative estimate of drug-likeness (QED) is 0.637. The smallest absolute Gasteiger partial charge is 0.348 e. The second-order valence-electron chi connectivity index (χ2n) is 5.98. The molecule has 5 nitrogen and oxygen atoms in total.